The Morgan fingerprint density at radius 2 is 1.90 bits per heavy atom. The average molecular weight is 294 g/mol. The van der Waals surface area contributed by atoms with Crippen molar-refractivity contribution < 1.29 is 0 Å². The Balaban J connectivity index is 1.66. The maximum Gasteiger partial charge on any atom is 0.0459 e. The second-order valence-electron chi connectivity index (χ2n) is 6.01. The lowest BCUT2D eigenvalue weighted by atomic mass is 10.1. The summed E-state index contributed by atoms with van der Waals surface area (Å²) in [5.74, 6) is 0.987. The molecule has 2 aliphatic rings. The van der Waals surface area contributed by atoms with Crippen LogP contribution in [-0.2, 0) is 6.42 Å². The minimum atomic E-state index is 0.651. The van der Waals surface area contributed by atoms with Crippen molar-refractivity contribution in [2.75, 3.05) is 44.2 Å². The first kappa shape index (κ1) is 14.2. The fourth-order valence-electron chi connectivity index (χ4n) is 3.07. The van der Waals surface area contributed by atoms with Crippen LogP contribution >= 0.6 is 11.6 Å². The molecular formula is C16H24ClN3. The number of hydrogen-bond donors (Lipinski definition) is 1. The number of piperazine rings is 1. The molecule has 0 bridgehead atoms. The first-order chi connectivity index (χ1) is 9.78. The Bertz CT molecular complexity index is 451. The van der Waals surface area contributed by atoms with Gasteiger partial charge in [-0.25, -0.2) is 0 Å². The van der Waals surface area contributed by atoms with Crippen molar-refractivity contribution in [1.82, 2.24) is 4.90 Å². The molecule has 2 fully saturated rings. The topological polar surface area (TPSA) is 32.5 Å². The molecule has 0 unspecified atom stereocenters. The molecule has 4 heteroatoms. The second-order valence-corrected chi connectivity index (χ2v) is 6.41. The van der Waals surface area contributed by atoms with Gasteiger partial charge in [-0.15, -0.1) is 0 Å². The molecule has 2 N–H and O–H groups in total. The number of anilines is 1. The van der Waals surface area contributed by atoms with Gasteiger partial charge in [0.25, 0.3) is 0 Å². The van der Waals surface area contributed by atoms with Crippen molar-refractivity contribution in [3.8, 4) is 0 Å². The van der Waals surface area contributed by atoms with Crippen molar-refractivity contribution in [2.45, 2.75) is 19.3 Å². The lowest BCUT2D eigenvalue weighted by Crippen LogP contribution is -2.47. The molecule has 0 atom stereocenters. The van der Waals surface area contributed by atoms with Crippen molar-refractivity contribution >= 4 is 17.3 Å². The Morgan fingerprint density at radius 1 is 1.15 bits per heavy atom. The minimum Gasteiger partial charge on any atom is -0.369 e. The maximum absolute atomic E-state index is 6.34. The van der Waals surface area contributed by atoms with Crippen LogP contribution in [0.3, 0.4) is 0 Å². The summed E-state index contributed by atoms with van der Waals surface area (Å²) in [6.07, 6.45) is 3.74. The Kier molecular flexibility index (Phi) is 4.49. The van der Waals surface area contributed by atoms with Gasteiger partial charge < -0.3 is 10.6 Å². The Labute approximate surface area is 126 Å². The predicted octanol–water partition coefficient (Wildman–Crippen LogP) is 2.37. The lowest BCUT2D eigenvalue weighted by Gasteiger charge is -2.37. The molecule has 1 aromatic rings. The Morgan fingerprint density at radius 3 is 2.55 bits per heavy atom. The summed E-state index contributed by atoms with van der Waals surface area (Å²) in [4.78, 5) is 5.08. The standard InChI is InChI=1S/C16H24ClN3/c17-15-2-1-3-16(14(15)6-7-18)20-10-8-19(9-11-20)12-13-4-5-13/h1-3,13H,4-12,18H2. The number of rotatable bonds is 5. The van der Waals surface area contributed by atoms with Gasteiger partial charge in [0.1, 0.15) is 0 Å². The number of halogens is 1. The summed E-state index contributed by atoms with van der Waals surface area (Å²) >= 11 is 6.34. The van der Waals surface area contributed by atoms with Crippen LogP contribution in [0.1, 0.15) is 18.4 Å². The number of nitrogens with zero attached hydrogens (tertiary/aromatic N) is 2. The molecule has 0 aromatic heterocycles. The third kappa shape index (κ3) is 3.27. The molecule has 20 heavy (non-hydrogen) atoms. The average Bonchev–Trinajstić information content (AvgIpc) is 3.26. The molecule has 0 spiro atoms. The van der Waals surface area contributed by atoms with E-state index in [9.17, 15) is 0 Å². The Hall–Kier alpha value is -0.770. The molecule has 0 radical (unpaired) electrons. The zero-order valence-electron chi connectivity index (χ0n) is 12.0. The van der Waals surface area contributed by atoms with E-state index in [0.29, 0.717) is 6.54 Å². The summed E-state index contributed by atoms with van der Waals surface area (Å²) in [5, 5.41) is 0.855. The number of nitrogens with two attached hydrogens (primary N) is 1. The third-order valence-electron chi connectivity index (χ3n) is 4.41. The van der Waals surface area contributed by atoms with E-state index in [4.69, 9.17) is 17.3 Å². The zero-order valence-corrected chi connectivity index (χ0v) is 12.8. The first-order valence-electron chi connectivity index (χ1n) is 7.72. The van der Waals surface area contributed by atoms with Gasteiger partial charge in [-0.1, -0.05) is 17.7 Å². The van der Waals surface area contributed by atoms with Gasteiger partial charge >= 0.3 is 0 Å². The van der Waals surface area contributed by atoms with Gasteiger partial charge in [0.2, 0.25) is 0 Å². The smallest absolute Gasteiger partial charge is 0.0459 e. The lowest BCUT2D eigenvalue weighted by molar-refractivity contribution is 0.248. The minimum absolute atomic E-state index is 0.651. The fraction of sp³-hybridized carbons (Fsp3) is 0.625. The molecule has 1 heterocycles. The molecule has 1 saturated carbocycles. The van der Waals surface area contributed by atoms with E-state index in [1.165, 1.54) is 43.7 Å². The van der Waals surface area contributed by atoms with Crippen LogP contribution < -0.4 is 10.6 Å². The van der Waals surface area contributed by atoms with E-state index in [2.05, 4.69) is 15.9 Å². The highest BCUT2D eigenvalue weighted by Gasteiger charge is 2.27. The molecule has 1 saturated heterocycles. The highest BCUT2D eigenvalue weighted by molar-refractivity contribution is 6.31. The molecular weight excluding hydrogens is 270 g/mol. The highest BCUT2D eigenvalue weighted by Crippen LogP contribution is 2.31. The highest BCUT2D eigenvalue weighted by atomic mass is 35.5. The predicted molar refractivity (Wildman–Crippen MR) is 85.6 cm³/mol. The van der Waals surface area contributed by atoms with Crippen molar-refractivity contribution in [1.29, 1.82) is 0 Å². The summed E-state index contributed by atoms with van der Waals surface area (Å²) in [6.45, 7) is 6.50. The summed E-state index contributed by atoms with van der Waals surface area (Å²) < 4.78 is 0. The quantitative estimate of drug-likeness (QED) is 0.905. The van der Waals surface area contributed by atoms with Gasteiger partial charge in [0.05, 0.1) is 0 Å². The van der Waals surface area contributed by atoms with Crippen LogP contribution in [0.25, 0.3) is 0 Å². The van der Waals surface area contributed by atoms with Crippen LogP contribution in [0.2, 0.25) is 5.02 Å². The molecule has 1 aliphatic carbocycles. The van der Waals surface area contributed by atoms with E-state index < -0.39 is 0 Å². The fourth-order valence-corrected chi connectivity index (χ4v) is 3.34. The first-order valence-corrected chi connectivity index (χ1v) is 8.10. The van der Waals surface area contributed by atoms with Crippen molar-refractivity contribution in [2.24, 2.45) is 11.7 Å². The molecule has 1 aliphatic heterocycles. The van der Waals surface area contributed by atoms with Gasteiger partial charge in [-0.05, 0) is 49.4 Å². The van der Waals surface area contributed by atoms with Gasteiger partial charge in [-0.3, -0.25) is 4.90 Å². The normalized spacial score (nSPS) is 20.4. The molecule has 110 valence electrons. The van der Waals surface area contributed by atoms with Crippen LogP contribution in [0, 0.1) is 5.92 Å². The molecule has 3 nitrogen and oxygen atoms in total. The number of hydrogen-bond acceptors (Lipinski definition) is 3. The van der Waals surface area contributed by atoms with Crippen LogP contribution in [0.4, 0.5) is 5.69 Å². The largest absolute Gasteiger partial charge is 0.369 e. The molecule has 0 amide bonds. The van der Waals surface area contributed by atoms with E-state index in [1.54, 1.807) is 0 Å². The van der Waals surface area contributed by atoms with Crippen LogP contribution in [-0.4, -0.2) is 44.2 Å². The zero-order chi connectivity index (χ0) is 13.9. The van der Waals surface area contributed by atoms with E-state index in [1.807, 2.05) is 12.1 Å². The van der Waals surface area contributed by atoms with Crippen molar-refractivity contribution in [3.05, 3.63) is 28.8 Å². The van der Waals surface area contributed by atoms with E-state index in [0.717, 1.165) is 30.5 Å². The monoisotopic (exact) mass is 293 g/mol. The summed E-state index contributed by atoms with van der Waals surface area (Å²) in [6, 6.07) is 6.21. The SMILES string of the molecule is NCCc1c(Cl)cccc1N1CCN(CC2CC2)CC1. The van der Waals surface area contributed by atoms with Crippen LogP contribution in [0.15, 0.2) is 18.2 Å². The van der Waals surface area contributed by atoms with Gasteiger partial charge in [0, 0.05) is 43.4 Å². The second kappa shape index (κ2) is 6.33. The van der Waals surface area contributed by atoms with Gasteiger partial charge in [0.15, 0.2) is 0 Å². The van der Waals surface area contributed by atoms with E-state index in [-0.39, 0.29) is 0 Å². The molecule has 1 aromatic carbocycles. The summed E-state index contributed by atoms with van der Waals surface area (Å²) in [5.41, 5.74) is 8.23. The van der Waals surface area contributed by atoms with Gasteiger partial charge in [-0.2, -0.15) is 0 Å². The van der Waals surface area contributed by atoms with Crippen molar-refractivity contribution in [3.63, 3.8) is 0 Å². The summed E-state index contributed by atoms with van der Waals surface area (Å²) in [7, 11) is 0. The number of benzene rings is 1. The molecule has 3 rings (SSSR count). The maximum atomic E-state index is 6.34. The third-order valence-corrected chi connectivity index (χ3v) is 4.77. The van der Waals surface area contributed by atoms with Crippen LogP contribution in [0.5, 0.6) is 0 Å². The van der Waals surface area contributed by atoms with E-state index >= 15 is 0 Å².